The molecule has 2 rings (SSSR count). The van der Waals surface area contributed by atoms with Gasteiger partial charge in [0.25, 0.3) is 0 Å². The SMILES string of the molecule is CC[SiH2]C=C(c1ccccc1)c1ccccc1. The molecule has 0 heterocycles. The highest BCUT2D eigenvalue weighted by Gasteiger charge is 2.02. The molecule has 0 aromatic heterocycles. The zero-order valence-corrected chi connectivity index (χ0v) is 11.7. The van der Waals surface area contributed by atoms with Crippen molar-refractivity contribution in [1.82, 2.24) is 0 Å². The van der Waals surface area contributed by atoms with Gasteiger partial charge in [-0.15, -0.1) is 0 Å². The second kappa shape index (κ2) is 6.21. The van der Waals surface area contributed by atoms with Gasteiger partial charge in [0.2, 0.25) is 0 Å². The second-order valence-electron chi connectivity index (χ2n) is 4.14. The van der Waals surface area contributed by atoms with Gasteiger partial charge in [-0.2, -0.15) is 0 Å². The zero-order valence-electron chi connectivity index (χ0n) is 10.3. The van der Waals surface area contributed by atoms with Crippen LogP contribution in [0.1, 0.15) is 18.1 Å². The van der Waals surface area contributed by atoms with Crippen LogP contribution in [0.25, 0.3) is 5.57 Å². The lowest BCUT2D eigenvalue weighted by atomic mass is 10.00. The summed E-state index contributed by atoms with van der Waals surface area (Å²) in [6.45, 7) is 2.27. The highest BCUT2D eigenvalue weighted by Crippen LogP contribution is 2.22. The summed E-state index contributed by atoms with van der Waals surface area (Å²) in [5.41, 5.74) is 6.55. The summed E-state index contributed by atoms with van der Waals surface area (Å²) in [5.74, 6) is 0. The van der Waals surface area contributed by atoms with Crippen LogP contribution in [-0.2, 0) is 0 Å². The molecule has 0 aliphatic rings. The molecule has 1 heteroatoms. The maximum Gasteiger partial charge on any atom is 0.0459 e. The van der Waals surface area contributed by atoms with Gasteiger partial charge in [0.15, 0.2) is 0 Å². The first-order valence-electron chi connectivity index (χ1n) is 6.23. The Balaban J connectivity index is 2.40. The molecule has 0 spiro atoms. The summed E-state index contributed by atoms with van der Waals surface area (Å²) in [5, 5.41) is 0. The van der Waals surface area contributed by atoms with Crippen LogP contribution in [0.15, 0.2) is 66.4 Å². The van der Waals surface area contributed by atoms with E-state index in [-0.39, 0.29) is 9.52 Å². The Hall–Kier alpha value is -1.60. The summed E-state index contributed by atoms with van der Waals surface area (Å²) < 4.78 is 0. The van der Waals surface area contributed by atoms with Gasteiger partial charge in [0.05, 0.1) is 0 Å². The molecule has 0 saturated carbocycles. The average molecular weight is 238 g/mol. The number of benzene rings is 2. The molecule has 0 fully saturated rings. The fraction of sp³-hybridized carbons (Fsp3) is 0.125. The third-order valence-electron chi connectivity index (χ3n) is 2.81. The van der Waals surface area contributed by atoms with Crippen molar-refractivity contribution >= 4 is 15.1 Å². The van der Waals surface area contributed by atoms with E-state index in [4.69, 9.17) is 0 Å². The van der Waals surface area contributed by atoms with Crippen LogP contribution in [0, 0.1) is 0 Å². The molecule has 2 aromatic carbocycles. The van der Waals surface area contributed by atoms with Crippen molar-refractivity contribution in [3.05, 3.63) is 77.5 Å². The first-order valence-corrected chi connectivity index (χ1v) is 8.04. The molecule has 0 nitrogen and oxygen atoms in total. The lowest BCUT2D eigenvalue weighted by molar-refractivity contribution is 1.46. The van der Waals surface area contributed by atoms with Gasteiger partial charge in [-0.25, -0.2) is 0 Å². The van der Waals surface area contributed by atoms with Crippen LogP contribution in [0.2, 0.25) is 6.04 Å². The molecule has 0 saturated heterocycles. The monoisotopic (exact) mass is 238 g/mol. The van der Waals surface area contributed by atoms with Crippen LogP contribution in [0.3, 0.4) is 0 Å². The molecule has 86 valence electrons. The molecule has 17 heavy (non-hydrogen) atoms. The first-order chi connectivity index (χ1) is 8.42. The number of hydrogen-bond donors (Lipinski definition) is 0. The van der Waals surface area contributed by atoms with Gasteiger partial charge in [-0.05, 0) is 16.7 Å². The molecule has 0 atom stereocenters. The molecule has 0 unspecified atom stereocenters. The van der Waals surface area contributed by atoms with Gasteiger partial charge in [-0.3, -0.25) is 0 Å². The van der Waals surface area contributed by atoms with Gasteiger partial charge >= 0.3 is 0 Å². The van der Waals surface area contributed by atoms with E-state index < -0.39 is 0 Å². The normalized spacial score (nSPS) is 10.6. The predicted molar refractivity (Wildman–Crippen MR) is 79.0 cm³/mol. The quantitative estimate of drug-likeness (QED) is 0.713. The van der Waals surface area contributed by atoms with Crippen molar-refractivity contribution in [3.63, 3.8) is 0 Å². The van der Waals surface area contributed by atoms with Crippen molar-refractivity contribution in [3.8, 4) is 0 Å². The third kappa shape index (κ3) is 3.18. The Bertz CT molecular complexity index is 430. The number of rotatable bonds is 4. The van der Waals surface area contributed by atoms with Crippen LogP contribution in [0.4, 0.5) is 0 Å². The Kier molecular flexibility index (Phi) is 4.34. The lowest BCUT2D eigenvalue weighted by Gasteiger charge is -2.08. The van der Waals surface area contributed by atoms with Crippen molar-refractivity contribution < 1.29 is 0 Å². The molecule has 0 aliphatic heterocycles. The highest BCUT2D eigenvalue weighted by atomic mass is 28.2. The first kappa shape index (κ1) is 11.9. The van der Waals surface area contributed by atoms with Crippen LogP contribution < -0.4 is 0 Å². The van der Waals surface area contributed by atoms with E-state index >= 15 is 0 Å². The molecule has 0 bridgehead atoms. The summed E-state index contributed by atoms with van der Waals surface area (Å²) in [6.07, 6.45) is 0. The van der Waals surface area contributed by atoms with Crippen LogP contribution in [-0.4, -0.2) is 9.52 Å². The Morgan fingerprint density at radius 1 is 0.882 bits per heavy atom. The fourth-order valence-electron chi connectivity index (χ4n) is 1.93. The lowest BCUT2D eigenvalue weighted by Crippen LogP contribution is -1.91. The van der Waals surface area contributed by atoms with Crippen molar-refractivity contribution in [2.75, 3.05) is 0 Å². The van der Waals surface area contributed by atoms with Gasteiger partial charge in [0.1, 0.15) is 0 Å². The van der Waals surface area contributed by atoms with E-state index in [0.717, 1.165) is 0 Å². The topological polar surface area (TPSA) is 0 Å². The molecule has 0 aliphatic carbocycles. The molecule has 0 radical (unpaired) electrons. The number of hydrogen-bond acceptors (Lipinski definition) is 0. The Labute approximate surface area is 106 Å². The van der Waals surface area contributed by atoms with Crippen LogP contribution in [0.5, 0.6) is 0 Å². The van der Waals surface area contributed by atoms with E-state index in [1.54, 1.807) is 0 Å². The van der Waals surface area contributed by atoms with Crippen LogP contribution >= 0.6 is 0 Å². The third-order valence-corrected chi connectivity index (χ3v) is 4.08. The van der Waals surface area contributed by atoms with Crippen molar-refractivity contribution in [1.29, 1.82) is 0 Å². The smallest absolute Gasteiger partial charge is 0.0459 e. The largest absolute Gasteiger partial charge is 0.0932 e. The molecule has 0 N–H and O–H groups in total. The van der Waals surface area contributed by atoms with E-state index in [1.165, 1.54) is 22.7 Å². The minimum atomic E-state index is -0.0754. The molecule has 0 amide bonds. The minimum Gasteiger partial charge on any atom is -0.0932 e. The molecule has 2 aromatic rings. The van der Waals surface area contributed by atoms with E-state index in [9.17, 15) is 0 Å². The molecular formula is C16H18Si. The minimum absolute atomic E-state index is 0.0754. The van der Waals surface area contributed by atoms with Crippen molar-refractivity contribution in [2.24, 2.45) is 0 Å². The zero-order chi connectivity index (χ0) is 11.9. The fourth-order valence-corrected chi connectivity index (χ4v) is 2.98. The highest BCUT2D eigenvalue weighted by molar-refractivity contribution is 6.44. The summed E-state index contributed by atoms with van der Waals surface area (Å²) in [4.78, 5) is 0. The Morgan fingerprint density at radius 3 is 1.76 bits per heavy atom. The average Bonchev–Trinajstić information content (AvgIpc) is 2.42. The predicted octanol–water partition coefficient (Wildman–Crippen LogP) is 3.68. The van der Waals surface area contributed by atoms with Crippen molar-refractivity contribution in [2.45, 2.75) is 13.0 Å². The van der Waals surface area contributed by atoms with E-state index in [0.29, 0.717) is 0 Å². The van der Waals surface area contributed by atoms with Gasteiger partial charge in [0, 0.05) is 9.52 Å². The van der Waals surface area contributed by atoms with Gasteiger partial charge in [-0.1, -0.05) is 79.3 Å². The maximum atomic E-state index is 2.48. The maximum absolute atomic E-state index is 2.48. The standard InChI is InChI=1S/C16H18Si/c1-2-17-13-16(14-9-5-3-6-10-14)15-11-7-4-8-12-15/h3-13H,2,17H2,1H3. The summed E-state index contributed by atoms with van der Waals surface area (Å²) >= 11 is 0. The van der Waals surface area contributed by atoms with E-state index in [2.05, 4.69) is 73.3 Å². The summed E-state index contributed by atoms with van der Waals surface area (Å²) in [6, 6.07) is 22.7. The van der Waals surface area contributed by atoms with Gasteiger partial charge < -0.3 is 0 Å². The van der Waals surface area contributed by atoms with E-state index in [1.807, 2.05) is 0 Å². The molecular weight excluding hydrogens is 220 g/mol. The summed E-state index contributed by atoms with van der Waals surface area (Å²) in [7, 11) is -0.0754. The second-order valence-corrected chi connectivity index (χ2v) is 6.12. The Morgan fingerprint density at radius 2 is 1.35 bits per heavy atom.